The highest BCUT2D eigenvalue weighted by atomic mass is 16.2. The van der Waals surface area contributed by atoms with E-state index < -0.39 is 0 Å². The van der Waals surface area contributed by atoms with Gasteiger partial charge in [-0.25, -0.2) is 0 Å². The number of nitrogens with zero attached hydrogens (tertiary/aromatic N) is 1. The zero-order chi connectivity index (χ0) is 13.8. The minimum absolute atomic E-state index is 0.0631. The van der Waals surface area contributed by atoms with Gasteiger partial charge in [0.05, 0.1) is 5.56 Å². The minimum atomic E-state index is 0.0631. The van der Waals surface area contributed by atoms with Crippen LogP contribution in [0.5, 0.6) is 0 Å². The van der Waals surface area contributed by atoms with Gasteiger partial charge in [-0.1, -0.05) is 25.5 Å². The minimum Gasteiger partial charge on any atom is -0.382 e. The summed E-state index contributed by atoms with van der Waals surface area (Å²) in [6.45, 7) is 2.26. The summed E-state index contributed by atoms with van der Waals surface area (Å²) in [7, 11) is 3.59. The predicted molar refractivity (Wildman–Crippen MR) is 79.5 cm³/mol. The molecule has 104 valence electrons. The predicted octanol–water partition coefficient (Wildman–Crippen LogP) is 3.38. The molecule has 0 aromatic heterocycles. The Morgan fingerprint density at radius 3 is 2.68 bits per heavy atom. The summed E-state index contributed by atoms with van der Waals surface area (Å²) in [6.07, 6.45) is 5.00. The van der Waals surface area contributed by atoms with Gasteiger partial charge in [0.15, 0.2) is 0 Å². The third kappa shape index (κ3) is 3.28. The molecule has 3 nitrogen and oxygen atoms in total. The van der Waals surface area contributed by atoms with Crippen LogP contribution in [0, 0.1) is 5.92 Å². The summed E-state index contributed by atoms with van der Waals surface area (Å²) in [5.74, 6) is 0.905. The van der Waals surface area contributed by atoms with E-state index in [9.17, 15) is 4.79 Å². The van der Waals surface area contributed by atoms with E-state index in [1.165, 1.54) is 25.7 Å². The van der Waals surface area contributed by atoms with Crippen molar-refractivity contribution in [2.75, 3.05) is 19.4 Å². The van der Waals surface area contributed by atoms with E-state index in [1.54, 1.807) is 19.0 Å². The maximum atomic E-state index is 12.1. The molecule has 0 radical (unpaired) electrons. The van der Waals surface area contributed by atoms with E-state index in [1.807, 2.05) is 24.3 Å². The SMILES string of the molecule is CCC1CCC(Nc2ccccc2C(=O)N(C)C)C1. The zero-order valence-electron chi connectivity index (χ0n) is 12.1. The van der Waals surface area contributed by atoms with Gasteiger partial charge in [0.25, 0.3) is 5.91 Å². The number of carbonyl (C=O) groups excluding carboxylic acids is 1. The lowest BCUT2D eigenvalue weighted by atomic mass is 10.1. The van der Waals surface area contributed by atoms with Crippen LogP contribution in [0.25, 0.3) is 0 Å². The van der Waals surface area contributed by atoms with Crippen LogP contribution >= 0.6 is 0 Å². The molecule has 0 saturated heterocycles. The number of carbonyl (C=O) groups is 1. The molecule has 2 unspecified atom stereocenters. The second-order valence-corrected chi connectivity index (χ2v) is 5.67. The summed E-state index contributed by atoms with van der Waals surface area (Å²) < 4.78 is 0. The second kappa shape index (κ2) is 6.09. The summed E-state index contributed by atoms with van der Waals surface area (Å²) in [6, 6.07) is 8.33. The number of para-hydroxylation sites is 1. The maximum Gasteiger partial charge on any atom is 0.255 e. The Morgan fingerprint density at radius 1 is 1.32 bits per heavy atom. The average molecular weight is 260 g/mol. The number of amides is 1. The summed E-state index contributed by atoms with van der Waals surface area (Å²) in [4.78, 5) is 13.8. The van der Waals surface area contributed by atoms with E-state index in [0.29, 0.717) is 6.04 Å². The highest BCUT2D eigenvalue weighted by molar-refractivity contribution is 5.99. The van der Waals surface area contributed by atoms with E-state index in [-0.39, 0.29) is 5.91 Å². The van der Waals surface area contributed by atoms with Crippen LogP contribution in [0.3, 0.4) is 0 Å². The Balaban J connectivity index is 2.10. The zero-order valence-corrected chi connectivity index (χ0v) is 12.1. The van der Waals surface area contributed by atoms with Crippen molar-refractivity contribution in [3.05, 3.63) is 29.8 Å². The molecule has 0 heterocycles. The number of benzene rings is 1. The molecule has 1 aromatic carbocycles. The van der Waals surface area contributed by atoms with Crippen LogP contribution in [-0.2, 0) is 0 Å². The second-order valence-electron chi connectivity index (χ2n) is 5.67. The van der Waals surface area contributed by atoms with E-state index in [0.717, 1.165) is 17.2 Å². The van der Waals surface area contributed by atoms with Crippen LogP contribution in [0.2, 0.25) is 0 Å². The van der Waals surface area contributed by atoms with E-state index in [4.69, 9.17) is 0 Å². The largest absolute Gasteiger partial charge is 0.382 e. The number of nitrogens with one attached hydrogen (secondary N) is 1. The lowest BCUT2D eigenvalue weighted by Crippen LogP contribution is -2.24. The van der Waals surface area contributed by atoms with Gasteiger partial charge in [-0.2, -0.15) is 0 Å². The molecule has 3 heteroatoms. The van der Waals surface area contributed by atoms with Crippen LogP contribution in [0.1, 0.15) is 43.0 Å². The normalized spacial score (nSPS) is 22.3. The molecule has 1 amide bonds. The molecule has 1 saturated carbocycles. The first-order chi connectivity index (χ1) is 9.11. The Kier molecular flexibility index (Phi) is 4.46. The molecule has 0 bridgehead atoms. The highest BCUT2D eigenvalue weighted by Gasteiger charge is 2.24. The molecule has 0 aliphatic heterocycles. The summed E-state index contributed by atoms with van der Waals surface area (Å²) >= 11 is 0. The molecule has 1 aliphatic rings. The van der Waals surface area contributed by atoms with Crippen molar-refractivity contribution < 1.29 is 4.79 Å². The van der Waals surface area contributed by atoms with Gasteiger partial charge in [-0.3, -0.25) is 4.79 Å². The quantitative estimate of drug-likeness (QED) is 0.900. The van der Waals surface area contributed by atoms with Crippen molar-refractivity contribution in [3.63, 3.8) is 0 Å². The fourth-order valence-corrected chi connectivity index (χ4v) is 2.83. The summed E-state index contributed by atoms with van der Waals surface area (Å²) in [5, 5.41) is 3.56. The van der Waals surface area contributed by atoms with E-state index >= 15 is 0 Å². The van der Waals surface area contributed by atoms with Crippen LogP contribution in [0.4, 0.5) is 5.69 Å². The van der Waals surface area contributed by atoms with Gasteiger partial charge in [-0.15, -0.1) is 0 Å². The topological polar surface area (TPSA) is 32.3 Å². The molecule has 0 spiro atoms. The molecule has 1 N–H and O–H groups in total. The number of rotatable bonds is 4. The first-order valence-electron chi connectivity index (χ1n) is 7.19. The fourth-order valence-electron chi connectivity index (χ4n) is 2.83. The van der Waals surface area contributed by atoms with Crippen LogP contribution < -0.4 is 5.32 Å². The molecule has 2 rings (SSSR count). The fraction of sp³-hybridized carbons (Fsp3) is 0.562. The Hall–Kier alpha value is -1.51. The van der Waals surface area contributed by atoms with Gasteiger partial charge >= 0.3 is 0 Å². The van der Waals surface area contributed by atoms with Crippen molar-refractivity contribution in [2.24, 2.45) is 5.92 Å². The van der Waals surface area contributed by atoms with Crippen molar-refractivity contribution in [1.82, 2.24) is 4.90 Å². The van der Waals surface area contributed by atoms with Crippen molar-refractivity contribution in [3.8, 4) is 0 Å². The van der Waals surface area contributed by atoms with Crippen LogP contribution in [0.15, 0.2) is 24.3 Å². The van der Waals surface area contributed by atoms with Crippen molar-refractivity contribution in [1.29, 1.82) is 0 Å². The lowest BCUT2D eigenvalue weighted by Gasteiger charge is -2.19. The van der Waals surface area contributed by atoms with Crippen LogP contribution in [-0.4, -0.2) is 30.9 Å². The number of hydrogen-bond acceptors (Lipinski definition) is 2. The third-order valence-electron chi connectivity index (χ3n) is 4.04. The number of hydrogen-bond donors (Lipinski definition) is 1. The standard InChI is InChI=1S/C16H24N2O/c1-4-12-9-10-13(11-12)17-15-8-6-5-7-14(15)16(19)18(2)3/h5-8,12-13,17H,4,9-11H2,1-3H3. The monoisotopic (exact) mass is 260 g/mol. The molecule has 2 atom stereocenters. The summed E-state index contributed by atoms with van der Waals surface area (Å²) in [5.41, 5.74) is 1.75. The molecule has 1 fully saturated rings. The third-order valence-corrected chi connectivity index (χ3v) is 4.04. The molecule has 1 aliphatic carbocycles. The van der Waals surface area contributed by atoms with Gasteiger partial charge < -0.3 is 10.2 Å². The van der Waals surface area contributed by atoms with Gasteiger partial charge in [-0.05, 0) is 37.3 Å². The molecular formula is C16H24N2O. The Bertz CT molecular complexity index is 442. The highest BCUT2D eigenvalue weighted by Crippen LogP contribution is 2.31. The maximum absolute atomic E-state index is 12.1. The average Bonchev–Trinajstić information content (AvgIpc) is 2.86. The van der Waals surface area contributed by atoms with Gasteiger partial charge in [0.1, 0.15) is 0 Å². The lowest BCUT2D eigenvalue weighted by molar-refractivity contribution is 0.0828. The van der Waals surface area contributed by atoms with Crippen molar-refractivity contribution >= 4 is 11.6 Å². The molecule has 1 aromatic rings. The Labute approximate surface area is 116 Å². The smallest absolute Gasteiger partial charge is 0.255 e. The first-order valence-corrected chi connectivity index (χ1v) is 7.19. The van der Waals surface area contributed by atoms with Crippen molar-refractivity contribution in [2.45, 2.75) is 38.6 Å². The molecule has 19 heavy (non-hydrogen) atoms. The molecular weight excluding hydrogens is 236 g/mol. The van der Waals surface area contributed by atoms with Gasteiger partial charge in [0, 0.05) is 25.8 Å². The van der Waals surface area contributed by atoms with Gasteiger partial charge in [0.2, 0.25) is 0 Å². The Morgan fingerprint density at radius 2 is 2.05 bits per heavy atom. The van der Waals surface area contributed by atoms with E-state index in [2.05, 4.69) is 12.2 Å². The first kappa shape index (κ1) is 13.9. The number of anilines is 1.